The monoisotopic (exact) mass is 204 g/mol. The van der Waals surface area contributed by atoms with E-state index < -0.39 is 0 Å². The number of anilines is 1. The number of hydrogen-bond acceptors (Lipinski definition) is 2. The lowest BCUT2D eigenvalue weighted by Crippen LogP contribution is -2.32. The second-order valence-electron chi connectivity index (χ2n) is 4.93. The zero-order valence-corrected chi connectivity index (χ0v) is 9.66. The SMILES string of the molecule is CC(C)(N)c1ccccc1N1CCCC1. The van der Waals surface area contributed by atoms with E-state index in [9.17, 15) is 0 Å². The highest BCUT2D eigenvalue weighted by molar-refractivity contribution is 5.56. The first-order valence-corrected chi connectivity index (χ1v) is 5.72. The standard InChI is InChI=1S/C13H20N2/c1-13(2,14)11-7-3-4-8-12(11)15-9-5-6-10-15/h3-4,7-8H,5-6,9-10,14H2,1-2H3. The van der Waals surface area contributed by atoms with Crippen LogP contribution < -0.4 is 10.6 Å². The van der Waals surface area contributed by atoms with E-state index in [0.29, 0.717) is 0 Å². The van der Waals surface area contributed by atoms with Crippen molar-refractivity contribution in [3.63, 3.8) is 0 Å². The average Bonchev–Trinajstić information content (AvgIpc) is 2.69. The summed E-state index contributed by atoms with van der Waals surface area (Å²) in [6.07, 6.45) is 2.61. The normalized spacial score (nSPS) is 17.1. The Balaban J connectivity index is 2.37. The minimum Gasteiger partial charge on any atom is -0.371 e. The van der Waals surface area contributed by atoms with Gasteiger partial charge in [-0.25, -0.2) is 0 Å². The first-order chi connectivity index (χ1) is 7.09. The Kier molecular flexibility index (Phi) is 2.70. The fourth-order valence-corrected chi connectivity index (χ4v) is 2.25. The summed E-state index contributed by atoms with van der Waals surface area (Å²) < 4.78 is 0. The Morgan fingerprint density at radius 3 is 2.33 bits per heavy atom. The molecule has 1 aromatic carbocycles. The van der Waals surface area contributed by atoms with Gasteiger partial charge in [0.05, 0.1) is 0 Å². The molecule has 0 aromatic heterocycles. The van der Waals surface area contributed by atoms with Crippen LogP contribution >= 0.6 is 0 Å². The molecular formula is C13H20N2. The van der Waals surface area contributed by atoms with E-state index in [2.05, 4.69) is 43.0 Å². The molecule has 1 aliphatic heterocycles. The highest BCUT2D eigenvalue weighted by Crippen LogP contribution is 2.30. The number of nitrogens with two attached hydrogens (primary N) is 1. The lowest BCUT2D eigenvalue weighted by atomic mass is 9.93. The van der Waals surface area contributed by atoms with Crippen molar-refractivity contribution in [2.24, 2.45) is 5.73 Å². The number of rotatable bonds is 2. The third-order valence-corrected chi connectivity index (χ3v) is 3.04. The van der Waals surface area contributed by atoms with Crippen molar-refractivity contribution in [2.45, 2.75) is 32.2 Å². The van der Waals surface area contributed by atoms with Crippen molar-refractivity contribution in [1.29, 1.82) is 0 Å². The number of para-hydroxylation sites is 1. The van der Waals surface area contributed by atoms with Gasteiger partial charge < -0.3 is 10.6 Å². The Morgan fingerprint density at radius 2 is 1.73 bits per heavy atom. The fraction of sp³-hybridized carbons (Fsp3) is 0.538. The Morgan fingerprint density at radius 1 is 1.13 bits per heavy atom. The zero-order valence-electron chi connectivity index (χ0n) is 9.66. The van der Waals surface area contributed by atoms with Gasteiger partial charge in [-0.05, 0) is 38.3 Å². The van der Waals surface area contributed by atoms with E-state index in [1.807, 2.05) is 0 Å². The zero-order chi connectivity index (χ0) is 10.9. The van der Waals surface area contributed by atoms with Crippen LogP contribution in [0.2, 0.25) is 0 Å². The molecule has 2 heteroatoms. The van der Waals surface area contributed by atoms with Gasteiger partial charge in [-0.2, -0.15) is 0 Å². The molecule has 2 rings (SSSR count). The van der Waals surface area contributed by atoms with Gasteiger partial charge >= 0.3 is 0 Å². The predicted octanol–water partition coefficient (Wildman–Crippen LogP) is 2.48. The van der Waals surface area contributed by atoms with Gasteiger partial charge in [0.25, 0.3) is 0 Å². The maximum atomic E-state index is 6.20. The third-order valence-electron chi connectivity index (χ3n) is 3.04. The van der Waals surface area contributed by atoms with E-state index in [1.54, 1.807) is 0 Å². The Labute approximate surface area is 92.1 Å². The molecule has 0 unspecified atom stereocenters. The van der Waals surface area contributed by atoms with Gasteiger partial charge in [0.2, 0.25) is 0 Å². The van der Waals surface area contributed by atoms with Crippen LogP contribution in [0, 0.1) is 0 Å². The minimum absolute atomic E-state index is 0.251. The number of nitrogens with zero attached hydrogens (tertiary/aromatic N) is 1. The number of benzene rings is 1. The molecule has 2 nitrogen and oxygen atoms in total. The van der Waals surface area contributed by atoms with Crippen LogP contribution in [-0.4, -0.2) is 13.1 Å². The van der Waals surface area contributed by atoms with E-state index in [-0.39, 0.29) is 5.54 Å². The van der Waals surface area contributed by atoms with E-state index in [1.165, 1.54) is 37.2 Å². The Hall–Kier alpha value is -1.02. The van der Waals surface area contributed by atoms with Gasteiger partial charge in [0.1, 0.15) is 0 Å². The fourth-order valence-electron chi connectivity index (χ4n) is 2.25. The van der Waals surface area contributed by atoms with Crippen LogP contribution in [0.1, 0.15) is 32.3 Å². The summed E-state index contributed by atoms with van der Waals surface area (Å²) in [6.45, 7) is 6.49. The molecule has 0 radical (unpaired) electrons. The molecule has 1 heterocycles. The van der Waals surface area contributed by atoms with Gasteiger partial charge in [0.15, 0.2) is 0 Å². The van der Waals surface area contributed by atoms with Crippen LogP contribution in [-0.2, 0) is 5.54 Å². The van der Waals surface area contributed by atoms with Crippen LogP contribution in [0.4, 0.5) is 5.69 Å². The van der Waals surface area contributed by atoms with Crippen molar-refractivity contribution >= 4 is 5.69 Å². The van der Waals surface area contributed by atoms with Gasteiger partial charge in [0, 0.05) is 24.3 Å². The van der Waals surface area contributed by atoms with Gasteiger partial charge in [-0.15, -0.1) is 0 Å². The third kappa shape index (κ3) is 2.15. The summed E-state index contributed by atoms with van der Waals surface area (Å²) in [4.78, 5) is 2.45. The van der Waals surface area contributed by atoms with E-state index >= 15 is 0 Å². The van der Waals surface area contributed by atoms with E-state index in [0.717, 1.165) is 0 Å². The molecule has 1 aliphatic rings. The molecule has 0 atom stereocenters. The maximum absolute atomic E-state index is 6.20. The van der Waals surface area contributed by atoms with Crippen LogP contribution in [0.5, 0.6) is 0 Å². The second kappa shape index (κ2) is 3.86. The molecule has 82 valence electrons. The molecule has 2 N–H and O–H groups in total. The van der Waals surface area contributed by atoms with Crippen molar-refractivity contribution in [3.05, 3.63) is 29.8 Å². The smallest absolute Gasteiger partial charge is 0.0417 e. The predicted molar refractivity (Wildman–Crippen MR) is 65.1 cm³/mol. The Bertz CT molecular complexity index is 333. The van der Waals surface area contributed by atoms with Gasteiger partial charge in [-0.3, -0.25) is 0 Å². The lowest BCUT2D eigenvalue weighted by molar-refractivity contribution is 0.553. The highest BCUT2D eigenvalue weighted by Gasteiger charge is 2.22. The molecule has 1 aromatic rings. The van der Waals surface area contributed by atoms with E-state index in [4.69, 9.17) is 5.73 Å². The molecule has 0 bridgehead atoms. The number of hydrogen-bond donors (Lipinski definition) is 1. The quantitative estimate of drug-likeness (QED) is 0.802. The molecule has 0 amide bonds. The summed E-state index contributed by atoms with van der Waals surface area (Å²) in [5.74, 6) is 0. The molecule has 0 aliphatic carbocycles. The molecule has 1 saturated heterocycles. The maximum Gasteiger partial charge on any atom is 0.0417 e. The average molecular weight is 204 g/mol. The lowest BCUT2D eigenvalue weighted by Gasteiger charge is -2.28. The largest absolute Gasteiger partial charge is 0.371 e. The van der Waals surface area contributed by atoms with Crippen LogP contribution in [0.3, 0.4) is 0 Å². The van der Waals surface area contributed by atoms with Gasteiger partial charge in [-0.1, -0.05) is 18.2 Å². The molecule has 15 heavy (non-hydrogen) atoms. The van der Waals surface area contributed by atoms with Crippen LogP contribution in [0.15, 0.2) is 24.3 Å². The first kappa shape index (κ1) is 10.5. The topological polar surface area (TPSA) is 29.3 Å². The van der Waals surface area contributed by atoms with Crippen molar-refractivity contribution in [1.82, 2.24) is 0 Å². The molecule has 0 spiro atoms. The summed E-state index contributed by atoms with van der Waals surface area (Å²) in [5, 5.41) is 0. The minimum atomic E-state index is -0.251. The first-order valence-electron chi connectivity index (χ1n) is 5.72. The molecule has 1 fully saturated rings. The highest BCUT2D eigenvalue weighted by atomic mass is 15.1. The summed E-state index contributed by atoms with van der Waals surface area (Å²) >= 11 is 0. The second-order valence-corrected chi connectivity index (χ2v) is 4.93. The van der Waals surface area contributed by atoms with Crippen LogP contribution in [0.25, 0.3) is 0 Å². The van der Waals surface area contributed by atoms with Crippen molar-refractivity contribution in [3.8, 4) is 0 Å². The summed E-state index contributed by atoms with van der Waals surface area (Å²) in [6, 6.07) is 8.51. The summed E-state index contributed by atoms with van der Waals surface area (Å²) in [7, 11) is 0. The summed E-state index contributed by atoms with van der Waals surface area (Å²) in [5.41, 5.74) is 8.53. The van der Waals surface area contributed by atoms with Crippen molar-refractivity contribution in [2.75, 3.05) is 18.0 Å². The molecule has 0 saturated carbocycles. The van der Waals surface area contributed by atoms with Crippen molar-refractivity contribution < 1.29 is 0 Å². The molecular weight excluding hydrogens is 184 g/mol.